The Bertz CT molecular complexity index is 574. The first-order chi connectivity index (χ1) is 11.3. The van der Waals surface area contributed by atoms with E-state index >= 15 is 0 Å². The van der Waals surface area contributed by atoms with Crippen molar-refractivity contribution in [3.05, 3.63) is 59.9 Å². The largest absolute Gasteiger partial charge is 0.508 e. The van der Waals surface area contributed by atoms with Crippen molar-refractivity contribution in [2.45, 2.75) is 50.5 Å². The minimum atomic E-state index is 0.358. The Labute approximate surface area is 138 Å². The standard InChI is InChI=1S/C20H26N2O/c23-20-12-8-17(9-13-20)16-6-10-19(11-7-16)22-15-3-5-18-4-1-2-14-21-18/h1-2,4,8-9,12-14,16,19,22-23H,3,5-7,10-11,15H2/t16-,19+. The van der Waals surface area contributed by atoms with E-state index in [-0.39, 0.29) is 0 Å². The summed E-state index contributed by atoms with van der Waals surface area (Å²) in [6.45, 7) is 1.07. The lowest BCUT2D eigenvalue weighted by Crippen LogP contribution is -2.33. The highest BCUT2D eigenvalue weighted by Gasteiger charge is 2.21. The maximum atomic E-state index is 9.39. The molecule has 2 N–H and O–H groups in total. The molecule has 0 unspecified atom stereocenters. The van der Waals surface area contributed by atoms with E-state index < -0.39 is 0 Å². The Kier molecular flexibility index (Phi) is 5.65. The molecule has 1 aliphatic rings. The first kappa shape index (κ1) is 16.0. The van der Waals surface area contributed by atoms with Gasteiger partial charge in [-0.05, 0) is 80.8 Å². The predicted octanol–water partition coefficient (Wildman–Crippen LogP) is 4.04. The molecule has 1 fully saturated rings. The zero-order valence-electron chi connectivity index (χ0n) is 13.6. The van der Waals surface area contributed by atoms with Crippen LogP contribution in [0.2, 0.25) is 0 Å². The second-order valence-electron chi connectivity index (χ2n) is 6.52. The van der Waals surface area contributed by atoms with Crippen LogP contribution in [0.25, 0.3) is 0 Å². The summed E-state index contributed by atoms with van der Waals surface area (Å²) in [6.07, 6.45) is 9.04. The van der Waals surface area contributed by atoms with Crippen molar-refractivity contribution in [3.8, 4) is 5.75 Å². The summed E-state index contributed by atoms with van der Waals surface area (Å²) < 4.78 is 0. The van der Waals surface area contributed by atoms with Crippen molar-refractivity contribution in [3.63, 3.8) is 0 Å². The van der Waals surface area contributed by atoms with E-state index in [1.807, 2.05) is 12.3 Å². The van der Waals surface area contributed by atoms with Crippen LogP contribution in [-0.2, 0) is 6.42 Å². The first-order valence-electron chi connectivity index (χ1n) is 8.73. The summed E-state index contributed by atoms with van der Waals surface area (Å²) in [6, 6.07) is 14.5. The number of nitrogens with zero attached hydrogens (tertiary/aromatic N) is 1. The molecule has 2 aromatic rings. The van der Waals surface area contributed by atoms with Crippen molar-refractivity contribution in [1.29, 1.82) is 0 Å². The number of aromatic nitrogens is 1. The fraction of sp³-hybridized carbons (Fsp3) is 0.450. The fourth-order valence-electron chi connectivity index (χ4n) is 3.50. The van der Waals surface area contributed by atoms with Crippen LogP contribution in [0.5, 0.6) is 5.75 Å². The van der Waals surface area contributed by atoms with E-state index in [0.29, 0.717) is 17.7 Å². The van der Waals surface area contributed by atoms with Crippen LogP contribution in [-0.4, -0.2) is 22.7 Å². The van der Waals surface area contributed by atoms with E-state index in [1.54, 1.807) is 12.1 Å². The van der Waals surface area contributed by atoms with Gasteiger partial charge in [0, 0.05) is 17.9 Å². The van der Waals surface area contributed by atoms with Gasteiger partial charge in [0.25, 0.3) is 0 Å². The number of aryl methyl sites for hydroxylation is 1. The normalized spacial score (nSPS) is 21.2. The number of benzene rings is 1. The van der Waals surface area contributed by atoms with Crippen LogP contribution in [0.4, 0.5) is 0 Å². The Morgan fingerprint density at radius 3 is 2.48 bits per heavy atom. The molecule has 1 aliphatic carbocycles. The van der Waals surface area contributed by atoms with Crippen molar-refractivity contribution in [2.24, 2.45) is 0 Å². The SMILES string of the molecule is Oc1ccc([C@H]2CC[C@@H](NCCCc3ccccn3)CC2)cc1. The molecule has 1 heterocycles. The average Bonchev–Trinajstić information content (AvgIpc) is 2.61. The highest BCUT2D eigenvalue weighted by molar-refractivity contribution is 5.28. The van der Waals surface area contributed by atoms with Gasteiger partial charge in [-0.3, -0.25) is 4.98 Å². The summed E-state index contributed by atoms with van der Waals surface area (Å²) in [7, 11) is 0. The molecule has 0 spiro atoms. The van der Waals surface area contributed by atoms with Crippen molar-refractivity contribution < 1.29 is 5.11 Å². The summed E-state index contributed by atoms with van der Waals surface area (Å²) >= 11 is 0. The minimum absolute atomic E-state index is 0.358. The van der Waals surface area contributed by atoms with Gasteiger partial charge in [0.05, 0.1) is 0 Å². The molecule has 0 bridgehead atoms. The summed E-state index contributed by atoms with van der Waals surface area (Å²) in [5, 5.41) is 13.1. The van der Waals surface area contributed by atoms with Crippen LogP contribution in [0.15, 0.2) is 48.7 Å². The van der Waals surface area contributed by atoms with E-state index in [0.717, 1.165) is 19.4 Å². The number of hydrogen-bond acceptors (Lipinski definition) is 3. The third-order valence-electron chi connectivity index (χ3n) is 4.86. The Morgan fingerprint density at radius 1 is 1.00 bits per heavy atom. The Morgan fingerprint density at radius 2 is 1.78 bits per heavy atom. The van der Waals surface area contributed by atoms with Crippen LogP contribution in [0, 0.1) is 0 Å². The van der Waals surface area contributed by atoms with Crippen LogP contribution in [0.3, 0.4) is 0 Å². The summed E-state index contributed by atoms with van der Waals surface area (Å²) in [5.41, 5.74) is 2.56. The number of phenolic OH excluding ortho intramolecular Hbond substituents is 1. The highest BCUT2D eigenvalue weighted by atomic mass is 16.3. The molecular weight excluding hydrogens is 284 g/mol. The monoisotopic (exact) mass is 310 g/mol. The Balaban J connectivity index is 1.35. The number of pyridine rings is 1. The number of hydrogen-bond donors (Lipinski definition) is 2. The van der Waals surface area contributed by atoms with Crippen molar-refractivity contribution in [2.75, 3.05) is 6.54 Å². The summed E-state index contributed by atoms with van der Waals surface area (Å²) in [5.74, 6) is 1.01. The lowest BCUT2D eigenvalue weighted by atomic mass is 9.82. The van der Waals surface area contributed by atoms with Gasteiger partial charge in [-0.25, -0.2) is 0 Å². The zero-order chi connectivity index (χ0) is 15.9. The van der Waals surface area contributed by atoms with Gasteiger partial charge in [0.15, 0.2) is 0 Å². The molecule has 23 heavy (non-hydrogen) atoms. The second kappa shape index (κ2) is 8.11. The number of phenols is 1. The number of rotatable bonds is 6. The smallest absolute Gasteiger partial charge is 0.115 e. The minimum Gasteiger partial charge on any atom is -0.508 e. The van der Waals surface area contributed by atoms with Gasteiger partial charge < -0.3 is 10.4 Å². The molecular formula is C20H26N2O. The van der Waals surface area contributed by atoms with Gasteiger partial charge in [-0.2, -0.15) is 0 Å². The van der Waals surface area contributed by atoms with Crippen LogP contribution >= 0.6 is 0 Å². The molecule has 0 saturated heterocycles. The fourth-order valence-corrected chi connectivity index (χ4v) is 3.50. The topological polar surface area (TPSA) is 45.1 Å². The van der Waals surface area contributed by atoms with Gasteiger partial charge >= 0.3 is 0 Å². The van der Waals surface area contributed by atoms with Crippen LogP contribution < -0.4 is 5.32 Å². The zero-order valence-corrected chi connectivity index (χ0v) is 13.6. The molecule has 0 aliphatic heterocycles. The van der Waals surface area contributed by atoms with Gasteiger partial charge in [0.1, 0.15) is 5.75 Å². The maximum absolute atomic E-state index is 9.39. The second-order valence-corrected chi connectivity index (χ2v) is 6.52. The van der Waals surface area contributed by atoms with Gasteiger partial charge in [-0.15, -0.1) is 0 Å². The molecule has 0 radical (unpaired) electrons. The molecule has 0 atom stereocenters. The first-order valence-corrected chi connectivity index (χ1v) is 8.73. The lowest BCUT2D eigenvalue weighted by molar-refractivity contribution is 0.342. The Hall–Kier alpha value is -1.87. The number of aromatic hydroxyl groups is 1. The van der Waals surface area contributed by atoms with E-state index in [9.17, 15) is 5.11 Å². The molecule has 122 valence electrons. The van der Waals surface area contributed by atoms with Gasteiger partial charge in [-0.1, -0.05) is 18.2 Å². The van der Waals surface area contributed by atoms with Crippen molar-refractivity contribution >= 4 is 0 Å². The molecule has 3 rings (SSSR count). The third-order valence-corrected chi connectivity index (χ3v) is 4.86. The maximum Gasteiger partial charge on any atom is 0.115 e. The van der Waals surface area contributed by atoms with E-state index in [4.69, 9.17) is 0 Å². The highest BCUT2D eigenvalue weighted by Crippen LogP contribution is 2.33. The van der Waals surface area contributed by atoms with Crippen LogP contribution in [0.1, 0.15) is 49.3 Å². The van der Waals surface area contributed by atoms with E-state index in [1.165, 1.54) is 36.9 Å². The van der Waals surface area contributed by atoms with E-state index in [2.05, 4.69) is 34.6 Å². The third kappa shape index (κ3) is 4.80. The molecule has 3 nitrogen and oxygen atoms in total. The average molecular weight is 310 g/mol. The summed E-state index contributed by atoms with van der Waals surface area (Å²) in [4.78, 5) is 4.37. The number of nitrogens with one attached hydrogen (secondary N) is 1. The predicted molar refractivity (Wildman–Crippen MR) is 93.7 cm³/mol. The molecule has 3 heteroatoms. The molecule has 1 aromatic carbocycles. The van der Waals surface area contributed by atoms with Crippen molar-refractivity contribution in [1.82, 2.24) is 10.3 Å². The van der Waals surface area contributed by atoms with Gasteiger partial charge in [0.2, 0.25) is 0 Å². The molecule has 1 saturated carbocycles. The lowest BCUT2D eigenvalue weighted by Gasteiger charge is -2.29. The molecule has 1 aromatic heterocycles. The molecule has 0 amide bonds. The quantitative estimate of drug-likeness (QED) is 0.792.